The lowest BCUT2D eigenvalue weighted by Crippen LogP contribution is -2.39. The molecule has 1 atom stereocenters. The molecule has 1 amide bonds. The van der Waals surface area contributed by atoms with E-state index in [1.807, 2.05) is 0 Å². The monoisotopic (exact) mass is 256 g/mol. The van der Waals surface area contributed by atoms with E-state index in [2.05, 4.69) is 10.1 Å². The van der Waals surface area contributed by atoms with Gasteiger partial charge in [-0.05, 0) is 12.1 Å². The van der Waals surface area contributed by atoms with Crippen molar-refractivity contribution in [3.8, 4) is 0 Å². The molecule has 98 valence electrons. The number of carbonyl (C=O) groups is 2. The Morgan fingerprint density at radius 1 is 1.56 bits per heavy atom. The Bertz CT molecular complexity index is 464. The molecule has 0 aliphatic rings. The van der Waals surface area contributed by atoms with Crippen LogP contribution in [0.3, 0.4) is 0 Å². The number of hydrogen-bond donors (Lipinski definition) is 3. The van der Waals surface area contributed by atoms with E-state index in [1.165, 1.54) is 19.2 Å². The first-order chi connectivity index (χ1) is 8.47. The van der Waals surface area contributed by atoms with Crippen LogP contribution in [0.1, 0.15) is 10.4 Å². The highest BCUT2D eigenvalue weighted by Gasteiger charge is 2.19. The van der Waals surface area contributed by atoms with E-state index in [0.29, 0.717) is 0 Å². The summed E-state index contributed by atoms with van der Waals surface area (Å²) in [4.78, 5) is 22.4. The fourth-order valence-electron chi connectivity index (χ4n) is 1.33. The van der Waals surface area contributed by atoms with Crippen molar-refractivity contribution in [1.82, 2.24) is 0 Å². The summed E-state index contributed by atoms with van der Waals surface area (Å²) in [5.41, 5.74) is 4.72. The van der Waals surface area contributed by atoms with Crippen molar-refractivity contribution in [3.63, 3.8) is 0 Å². The third-order valence-corrected chi connectivity index (χ3v) is 2.17. The number of hydrogen-bond acceptors (Lipinski definition) is 4. The van der Waals surface area contributed by atoms with Crippen LogP contribution in [0.25, 0.3) is 0 Å². The van der Waals surface area contributed by atoms with E-state index in [-0.39, 0.29) is 12.3 Å². The summed E-state index contributed by atoms with van der Waals surface area (Å²) in [6.07, 6.45) is 0. The lowest BCUT2D eigenvalue weighted by atomic mass is 10.1. The maximum atomic E-state index is 13.3. The predicted molar refractivity (Wildman–Crippen MR) is 61.8 cm³/mol. The minimum absolute atomic E-state index is 0.0243. The topological polar surface area (TPSA) is 102 Å². The van der Waals surface area contributed by atoms with Crippen molar-refractivity contribution in [2.75, 3.05) is 19.0 Å². The number of methoxy groups -OCH3 is 1. The number of nitrogens with one attached hydrogen (secondary N) is 1. The summed E-state index contributed by atoms with van der Waals surface area (Å²) in [5, 5.41) is 11.1. The molecular formula is C11H13FN2O4. The second-order valence-corrected chi connectivity index (χ2v) is 3.52. The Morgan fingerprint density at radius 3 is 2.78 bits per heavy atom. The largest absolute Gasteiger partial charge is 0.478 e. The van der Waals surface area contributed by atoms with Gasteiger partial charge in [0.1, 0.15) is 17.4 Å². The zero-order valence-corrected chi connectivity index (χ0v) is 9.64. The number of halogens is 1. The maximum Gasteiger partial charge on any atom is 0.340 e. The van der Waals surface area contributed by atoms with Crippen molar-refractivity contribution >= 4 is 17.6 Å². The van der Waals surface area contributed by atoms with Crippen molar-refractivity contribution in [1.29, 1.82) is 0 Å². The summed E-state index contributed by atoms with van der Waals surface area (Å²) in [5.74, 6) is -3.05. The zero-order valence-electron chi connectivity index (χ0n) is 9.64. The molecule has 0 aromatic heterocycles. The zero-order chi connectivity index (χ0) is 13.7. The fourth-order valence-corrected chi connectivity index (χ4v) is 1.33. The molecule has 0 bridgehead atoms. The molecule has 0 fully saturated rings. The van der Waals surface area contributed by atoms with E-state index >= 15 is 0 Å². The molecule has 0 heterocycles. The number of anilines is 1. The van der Waals surface area contributed by atoms with Gasteiger partial charge in [0.25, 0.3) is 0 Å². The summed E-state index contributed by atoms with van der Waals surface area (Å²) < 4.78 is 18.0. The standard InChI is InChI=1S/C11H13FN2O4/c1-18-5-7(13)10(15)14-8-4-2-3-6(12)9(8)11(16)17/h2-4,7H,5,13H2,1H3,(H,14,15)(H,16,17). The Labute approximate surface area is 103 Å². The van der Waals surface area contributed by atoms with Crippen LogP contribution >= 0.6 is 0 Å². The van der Waals surface area contributed by atoms with Crippen molar-refractivity contribution in [3.05, 3.63) is 29.6 Å². The Morgan fingerprint density at radius 2 is 2.22 bits per heavy atom. The molecule has 1 unspecified atom stereocenters. The lowest BCUT2D eigenvalue weighted by Gasteiger charge is -2.13. The highest BCUT2D eigenvalue weighted by Crippen LogP contribution is 2.19. The second kappa shape index (κ2) is 6.08. The second-order valence-electron chi connectivity index (χ2n) is 3.52. The van der Waals surface area contributed by atoms with Gasteiger partial charge in [0, 0.05) is 7.11 Å². The fraction of sp³-hybridized carbons (Fsp3) is 0.273. The molecule has 1 aromatic rings. The van der Waals surface area contributed by atoms with Crippen molar-refractivity contribution < 1.29 is 23.8 Å². The number of benzene rings is 1. The summed E-state index contributed by atoms with van der Waals surface area (Å²) in [6, 6.07) is 2.61. The van der Waals surface area contributed by atoms with Gasteiger partial charge >= 0.3 is 5.97 Å². The van der Waals surface area contributed by atoms with Crippen molar-refractivity contribution in [2.24, 2.45) is 5.73 Å². The number of carbonyl (C=O) groups excluding carboxylic acids is 1. The van der Waals surface area contributed by atoms with Crippen molar-refractivity contribution in [2.45, 2.75) is 6.04 Å². The average molecular weight is 256 g/mol. The number of amides is 1. The smallest absolute Gasteiger partial charge is 0.340 e. The van der Waals surface area contributed by atoms with Gasteiger partial charge in [-0.25, -0.2) is 9.18 Å². The van der Waals surface area contributed by atoms with E-state index in [4.69, 9.17) is 10.8 Å². The third kappa shape index (κ3) is 3.25. The van der Waals surface area contributed by atoms with Gasteiger partial charge in [-0.2, -0.15) is 0 Å². The molecular weight excluding hydrogens is 243 g/mol. The normalized spacial score (nSPS) is 11.9. The molecule has 1 rings (SSSR count). The van der Waals surface area contributed by atoms with Gasteiger partial charge < -0.3 is 20.9 Å². The van der Waals surface area contributed by atoms with E-state index in [9.17, 15) is 14.0 Å². The van der Waals surface area contributed by atoms with Gasteiger partial charge in [-0.15, -0.1) is 0 Å². The number of aromatic carboxylic acids is 1. The first kappa shape index (κ1) is 14.1. The van der Waals surface area contributed by atoms with Crippen LogP contribution in [-0.4, -0.2) is 36.7 Å². The molecule has 7 heteroatoms. The molecule has 6 nitrogen and oxygen atoms in total. The first-order valence-corrected chi connectivity index (χ1v) is 5.04. The van der Waals surface area contributed by atoms with E-state index in [0.717, 1.165) is 6.07 Å². The Kier molecular flexibility index (Phi) is 4.75. The maximum absolute atomic E-state index is 13.3. The summed E-state index contributed by atoms with van der Waals surface area (Å²) >= 11 is 0. The van der Waals surface area contributed by atoms with E-state index in [1.54, 1.807) is 0 Å². The number of nitrogens with two attached hydrogens (primary N) is 1. The first-order valence-electron chi connectivity index (χ1n) is 5.04. The van der Waals surface area contributed by atoms with Crippen LogP contribution < -0.4 is 11.1 Å². The van der Waals surface area contributed by atoms with Crippen LogP contribution in [0.4, 0.5) is 10.1 Å². The van der Waals surface area contributed by atoms with Crippen LogP contribution in [0.15, 0.2) is 18.2 Å². The summed E-state index contributed by atoms with van der Waals surface area (Å²) in [7, 11) is 1.37. The quantitative estimate of drug-likeness (QED) is 0.709. The molecule has 0 radical (unpaired) electrons. The number of rotatable bonds is 5. The highest BCUT2D eigenvalue weighted by molar-refractivity contribution is 6.02. The molecule has 4 N–H and O–H groups in total. The SMILES string of the molecule is COCC(N)C(=O)Nc1cccc(F)c1C(=O)O. The Hall–Kier alpha value is -1.99. The molecule has 0 aliphatic heterocycles. The molecule has 18 heavy (non-hydrogen) atoms. The molecule has 0 aliphatic carbocycles. The van der Waals surface area contributed by atoms with Gasteiger partial charge in [-0.1, -0.05) is 6.07 Å². The van der Waals surface area contributed by atoms with Crippen LogP contribution in [0.2, 0.25) is 0 Å². The van der Waals surface area contributed by atoms with Gasteiger partial charge in [0.05, 0.1) is 12.3 Å². The van der Waals surface area contributed by atoms with E-state index < -0.39 is 29.3 Å². The predicted octanol–water partition coefficient (Wildman–Crippen LogP) is 0.436. The molecule has 0 spiro atoms. The third-order valence-electron chi connectivity index (χ3n) is 2.17. The average Bonchev–Trinajstić information content (AvgIpc) is 2.28. The minimum atomic E-state index is -1.47. The number of carboxylic acid groups (broad SMARTS) is 1. The minimum Gasteiger partial charge on any atom is -0.478 e. The van der Waals surface area contributed by atoms with Gasteiger partial charge in [0.15, 0.2) is 0 Å². The van der Waals surface area contributed by atoms with Gasteiger partial charge in [-0.3, -0.25) is 4.79 Å². The summed E-state index contributed by atoms with van der Waals surface area (Å²) in [6.45, 7) is -0.0243. The van der Waals surface area contributed by atoms with Crippen LogP contribution in [-0.2, 0) is 9.53 Å². The lowest BCUT2D eigenvalue weighted by molar-refractivity contribution is -0.118. The Balaban J connectivity index is 2.94. The van der Waals surface area contributed by atoms with Crippen LogP contribution in [0, 0.1) is 5.82 Å². The van der Waals surface area contributed by atoms with Crippen LogP contribution in [0.5, 0.6) is 0 Å². The highest BCUT2D eigenvalue weighted by atomic mass is 19.1. The van der Waals surface area contributed by atoms with Gasteiger partial charge in [0.2, 0.25) is 5.91 Å². The molecule has 0 saturated carbocycles. The molecule has 1 aromatic carbocycles. The number of carboxylic acids is 1. The number of ether oxygens (including phenoxy) is 1. The molecule has 0 saturated heterocycles.